The van der Waals surface area contributed by atoms with Crippen molar-refractivity contribution >= 4 is 5.97 Å². The number of ether oxygens (including phenoxy) is 1. The molecule has 2 rings (SSSR count). The van der Waals surface area contributed by atoms with Gasteiger partial charge in [0, 0.05) is 24.5 Å². The minimum Gasteiger partial charge on any atom is -0.491 e. The van der Waals surface area contributed by atoms with E-state index in [1.165, 1.54) is 19.4 Å². The van der Waals surface area contributed by atoms with Gasteiger partial charge in [0.25, 0.3) is 0 Å². The van der Waals surface area contributed by atoms with Gasteiger partial charge in [-0.05, 0) is 32.7 Å². The predicted octanol–water partition coefficient (Wildman–Crippen LogP) is 1.21. The molecule has 20 heavy (non-hydrogen) atoms. The number of H-pyrrole nitrogens is 1. The number of hydrogen-bond acceptors (Lipinski definition) is 4. The van der Waals surface area contributed by atoms with Crippen LogP contribution >= 0.6 is 0 Å². The average Bonchev–Trinajstić information content (AvgIpc) is 2.41. The molecule has 1 saturated heterocycles. The molecule has 1 atom stereocenters. The Morgan fingerprint density at radius 2 is 2.30 bits per heavy atom. The molecule has 0 unspecified atom stereocenters. The first-order valence-corrected chi connectivity index (χ1v) is 6.71. The number of carboxylic acid groups (broad SMARTS) is 1. The van der Waals surface area contributed by atoms with Gasteiger partial charge >= 0.3 is 5.97 Å². The molecule has 0 amide bonds. The molecule has 0 saturated carbocycles. The molecule has 1 aliphatic rings. The Kier molecular flexibility index (Phi) is 4.13. The summed E-state index contributed by atoms with van der Waals surface area (Å²) in [6.45, 7) is 2.88. The van der Waals surface area contributed by atoms with Crippen LogP contribution in [0.1, 0.15) is 31.9 Å². The number of carbonyl (C=O) groups is 1. The molecule has 2 heterocycles. The number of piperidine rings is 1. The van der Waals surface area contributed by atoms with E-state index in [0.29, 0.717) is 18.7 Å². The van der Waals surface area contributed by atoms with Crippen LogP contribution in [0.3, 0.4) is 0 Å². The second-order valence-electron chi connectivity index (χ2n) is 5.35. The molecule has 1 fully saturated rings. The zero-order chi connectivity index (χ0) is 14.8. The minimum absolute atomic E-state index is 0.199. The molecule has 0 bridgehead atoms. The lowest BCUT2D eigenvalue weighted by molar-refractivity contribution is -0.153. The third-order valence-corrected chi connectivity index (χ3v) is 4.02. The Bertz CT molecular complexity index is 554. The molecule has 110 valence electrons. The first kappa shape index (κ1) is 14.6. The Morgan fingerprint density at radius 3 is 2.90 bits per heavy atom. The summed E-state index contributed by atoms with van der Waals surface area (Å²) < 4.78 is 4.92. The fraction of sp³-hybridized carbons (Fsp3) is 0.571. The molecule has 0 spiro atoms. The summed E-state index contributed by atoms with van der Waals surface area (Å²) in [6.07, 6.45) is 4.03. The average molecular weight is 280 g/mol. The van der Waals surface area contributed by atoms with Gasteiger partial charge in [0.1, 0.15) is 5.54 Å². The first-order chi connectivity index (χ1) is 9.47. The van der Waals surface area contributed by atoms with E-state index in [9.17, 15) is 14.7 Å². The largest absolute Gasteiger partial charge is 0.491 e. The molecular formula is C14H20N2O4. The van der Waals surface area contributed by atoms with Gasteiger partial charge in [0.05, 0.1) is 7.11 Å². The lowest BCUT2D eigenvalue weighted by Crippen LogP contribution is -2.54. The van der Waals surface area contributed by atoms with Crippen molar-refractivity contribution in [3.05, 3.63) is 28.2 Å². The lowest BCUT2D eigenvalue weighted by Gasteiger charge is -2.41. The number of nitrogens with one attached hydrogen (secondary N) is 1. The number of rotatable bonds is 4. The van der Waals surface area contributed by atoms with Crippen LogP contribution in [0.25, 0.3) is 0 Å². The van der Waals surface area contributed by atoms with E-state index in [1.807, 2.05) is 4.90 Å². The van der Waals surface area contributed by atoms with Crippen LogP contribution in [0.15, 0.2) is 17.1 Å². The summed E-state index contributed by atoms with van der Waals surface area (Å²) in [7, 11) is 1.44. The van der Waals surface area contributed by atoms with Crippen molar-refractivity contribution in [1.29, 1.82) is 0 Å². The van der Waals surface area contributed by atoms with Gasteiger partial charge in [-0.25, -0.2) is 0 Å². The van der Waals surface area contributed by atoms with Gasteiger partial charge in [-0.1, -0.05) is 0 Å². The second kappa shape index (κ2) is 5.66. The van der Waals surface area contributed by atoms with Gasteiger partial charge in [-0.3, -0.25) is 14.5 Å². The van der Waals surface area contributed by atoms with E-state index in [0.717, 1.165) is 19.4 Å². The number of pyridine rings is 1. The second-order valence-corrected chi connectivity index (χ2v) is 5.35. The number of aromatic amines is 1. The molecule has 1 aromatic rings. The van der Waals surface area contributed by atoms with Crippen LogP contribution in [-0.4, -0.2) is 40.2 Å². The zero-order valence-corrected chi connectivity index (χ0v) is 11.8. The maximum Gasteiger partial charge on any atom is 0.323 e. The molecule has 1 aromatic heterocycles. The van der Waals surface area contributed by atoms with Crippen LogP contribution in [0.2, 0.25) is 0 Å². The number of likely N-dealkylation sites (tertiary alicyclic amines) is 1. The normalized spacial score (nSPS) is 23.5. The van der Waals surface area contributed by atoms with Crippen LogP contribution in [0.4, 0.5) is 0 Å². The van der Waals surface area contributed by atoms with Gasteiger partial charge in [-0.2, -0.15) is 0 Å². The molecular weight excluding hydrogens is 260 g/mol. The molecule has 2 N–H and O–H groups in total. The Labute approximate surface area is 117 Å². The van der Waals surface area contributed by atoms with E-state index >= 15 is 0 Å². The topological polar surface area (TPSA) is 82.6 Å². The van der Waals surface area contributed by atoms with E-state index in [-0.39, 0.29) is 11.2 Å². The Hall–Kier alpha value is -1.82. The van der Waals surface area contributed by atoms with Crippen LogP contribution in [0, 0.1) is 0 Å². The van der Waals surface area contributed by atoms with Crippen molar-refractivity contribution in [2.45, 2.75) is 38.3 Å². The third-order valence-electron chi connectivity index (χ3n) is 4.02. The Morgan fingerprint density at radius 1 is 1.55 bits per heavy atom. The highest BCUT2D eigenvalue weighted by Crippen LogP contribution is 2.29. The third kappa shape index (κ3) is 2.70. The zero-order valence-electron chi connectivity index (χ0n) is 11.8. The molecule has 0 radical (unpaired) electrons. The quantitative estimate of drug-likeness (QED) is 0.866. The van der Waals surface area contributed by atoms with Crippen molar-refractivity contribution in [3.8, 4) is 5.75 Å². The van der Waals surface area contributed by atoms with Gasteiger partial charge < -0.3 is 14.8 Å². The molecule has 0 aliphatic carbocycles. The monoisotopic (exact) mass is 280 g/mol. The number of carboxylic acids is 1. The maximum absolute atomic E-state index is 11.7. The summed E-state index contributed by atoms with van der Waals surface area (Å²) in [5.41, 5.74) is -0.366. The van der Waals surface area contributed by atoms with E-state index < -0.39 is 11.5 Å². The number of aromatic nitrogens is 1. The molecule has 0 aromatic carbocycles. The summed E-state index contributed by atoms with van der Waals surface area (Å²) in [5, 5.41) is 9.45. The fourth-order valence-corrected chi connectivity index (χ4v) is 2.63. The SMILES string of the molecule is COc1c[nH]c(CN2CCCC[C@]2(C)C(=O)O)cc1=O. The van der Waals surface area contributed by atoms with Crippen LogP contribution in [0.5, 0.6) is 5.75 Å². The smallest absolute Gasteiger partial charge is 0.323 e. The minimum atomic E-state index is -0.866. The number of nitrogens with zero attached hydrogens (tertiary/aromatic N) is 1. The Balaban J connectivity index is 2.21. The molecule has 6 nitrogen and oxygen atoms in total. The summed E-state index contributed by atoms with van der Waals surface area (Å²) >= 11 is 0. The standard InChI is InChI=1S/C14H20N2O4/c1-14(13(18)19)5-3-4-6-16(14)9-10-7-11(17)12(20-2)8-15-10/h7-8H,3-6,9H2,1-2H3,(H,15,17)(H,18,19)/t14-/m1/s1. The number of methoxy groups -OCH3 is 1. The van der Waals surface area contributed by atoms with Gasteiger partial charge in [-0.15, -0.1) is 0 Å². The van der Waals surface area contributed by atoms with Crippen molar-refractivity contribution in [1.82, 2.24) is 9.88 Å². The van der Waals surface area contributed by atoms with Crippen molar-refractivity contribution < 1.29 is 14.6 Å². The highest BCUT2D eigenvalue weighted by atomic mass is 16.5. The molecule has 6 heteroatoms. The van der Waals surface area contributed by atoms with E-state index in [2.05, 4.69) is 4.98 Å². The van der Waals surface area contributed by atoms with E-state index in [4.69, 9.17) is 4.74 Å². The summed E-state index contributed by atoms with van der Waals surface area (Å²) in [4.78, 5) is 28.1. The maximum atomic E-state index is 11.7. The fourth-order valence-electron chi connectivity index (χ4n) is 2.63. The van der Waals surface area contributed by atoms with Crippen LogP contribution in [-0.2, 0) is 11.3 Å². The number of hydrogen-bond donors (Lipinski definition) is 2. The van der Waals surface area contributed by atoms with Gasteiger partial charge in [0.2, 0.25) is 5.43 Å². The predicted molar refractivity (Wildman–Crippen MR) is 73.9 cm³/mol. The van der Waals surface area contributed by atoms with Crippen molar-refractivity contribution in [2.24, 2.45) is 0 Å². The first-order valence-electron chi connectivity index (χ1n) is 6.71. The van der Waals surface area contributed by atoms with Crippen molar-refractivity contribution in [2.75, 3.05) is 13.7 Å². The van der Waals surface area contributed by atoms with E-state index in [1.54, 1.807) is 6.92 Å². The summed E-state index contributed by atoms with van der Waals surface area (Å²) in [6, 6.07) is 1.47. The number of aliphatic carboxylic acids is 1. The highest BCUT2D eigenvalue weighted by molar-refractivity contribution is 5.78. The lowest BCUT2D eigenvalue weighted by atomic mass is 9.88. The highest BCUT2D eigenvalue weighted by Gasteiger charge is 2.41. The van der Waals surface area contributed by atoms with Crippen molar-refractivity contribution in [3.63, 3.8) is 0 Å². The molecule has 1 aliphatic heterocycles. The van der Waals surface area contributed by atoms with Gasteiger partial charge in [0.15, 0.2) is 5.75 Å². The summed E-state index contributed by atoms with van der Waals surface area (Å²) in [5.74, 6) is -0.554. The van der Waals surface area contributed by atoms with Crippen LogP contribution < -0.4 is 10.2 Å².